The molecule has 4 nitrogen and oxygen atoms in total. The summed E-state index contributed by atoms with van der Waals surface area (Å²) in [5.41, 5.74) is 0. The van der Waals surface area contributed by atoms with Crippen LogP contribution in [0.1, 0.15) is 0 Å². The summed E-state index contributed by atoms with van der Waals surface area (Å²) < 4.78 is 9.16. The molecule has 56 valence electrons. The lowest BCUT2D eigenvalue weighted by atomic mass is 10.2. The first-order valence-corrected chi connectivity index (χ1v) is 2.84. The number of hydrogen-bond acceptors (Lipinski definition) is 4. The summed E-state index contributed by atoms with van der Waals surface area (Å²) in [6, 6.07) is 0. The Labute approximate surface area is 58.1 Å². The molecule has 10 heavy (non-hydrogen) atoms. The number of cyclic esters (lactones) is 1. The summed E-state index contributed by atoms with van der Waals surface area (Å²) in [4.78, 5) is 10.5. The molecular weight excluding hydrogens is 136 g/mol. The maximum Gasteiger partial charge on any atom is 0.334 e. The highest BCUT2D eigenvalue weighted by Crippen LogP contribution is 2.09. The van der Waals surface area contributed by atoms with Crippen LogP contribution in [0.15, 0.2) is 11.8 Å². The Morgan fingerprint density at radius 2 is 2.60 bits per heavy atom. The van der Waals surface area contributed by atoms with E-state index in [0.29, 0.717) is 0 Å². The number of aliphatic hydroxyl groups is 1. The number of methoxy groups -OCH3 is 1. The molecule has 0 saturated heterocycles. The van der Waals surface area contributed by atoms with Gasteiger partial charge in [0, 0.05) is 0 Å². The SMILES string of the molecule is COC1=CC(=O)OCC1O. The second kappa shape index (κ2) is 2.70. The van der Waals surface area contributed by atoms with Gasteiger partial charge in [-0.1, -0.05) is 0 Å². The molecule has 1 aliphatic rings. The van der Waals surface area contributed by atoms with Gasteiger partial charge in [0.2, 0.25) is 0 Å². The van der Waals surface area contributed by atoms with Crippen LogP contribution in [0.2, 0.25) is 0 Å². The smallest absolute Gasteiger partial charge is 0.334 e. The van der Waals surface area contributed by atoms with E-state index in [4.69, 9.17) is 5.11 Å². The predicted octanol–water partition coefficient (Wildman–Crippen LogP) is -0.566. The molecule has 0 aliphatic carbocycles. The lowest BCUT2D eigenvalue weighted by Crippen LogP contribution is -2.26. The van der Waals surface area contributed by atoms with Crippen molar-refractivity contribution in [1.82, 2.24) is 0 Å². The number of ether oxygens (including phenoxy) is 2. The van der Waals surface area contributed by atoms with Crippen molar-refractivity contribution in [2.24, 2.45) is 0 Å². The van der Waals surface area contributed by atoms with Crippen LogP contribution < -0.4 is 0 Å². The fourth-order valence-electron chi connectivity index (χ4n) is 0.692. The largest absolute Gasteiger partial charge is 0.498 e. The van der Waals surface area contributed by atoms with Gasteiger partial charge in [-0.15, -0.1) is 0 Å². The Kier molecular flexibility index (Phi) is 1.91. The standard InChI is InChI=1S/C6H8O4/c1-9-5-2-6(8)10-3-4(5)7/h2,4,7H,3H2,1H3. The predicted molar refractivity (Wildman–Crippen MR) is 32.1 cm³/mol. The number of rotatable bonds is 1. The van der Waals surface area contributed by atoms with E-state index < -0.39 is 12.1 Å². The topological polar surface area (TPSA) is 55.8 Å². The molecule has 1 heterocycles. The summed E-state index contributed by atoms with van der Waals surface area (Å²) in [5.74, 6) is -0.210. The summed E-state index contributed by atoms with van der Waals surface area (Å²) in [6.07, 6.45) is 0.330. The third kappa shape index (κ3) is 1.27. The normalized spacial score (nSPS) is 25.2. The zero-order chi connectivity index (χ0) is 7.56. The van der Waals surface area contributed by atoms with E-state index in [1.165, 1.54) is 7.11 Å². The van der Waals surface area contributed by atoms with Gasteiger partial charge >= 0.3 is 5.97 Å². The highest BCUT2D eigenvalue weighted by molar-refractivity contribution is 5.83. The highest BCUT2D eigenvalue weighted by Gasteiger charge is 2.20. The van der Waals surface area contributed by atoms with Crippen LogP contribution in [0, 0.1) is 0 Å². The molecule has 4 heteroatoms. The van der Waals surface area contributed by atoms with E-state index in [1.807, 2.05) is 0 Å². The quantitative estimate of drug-likeness (QED) is 0.501. The van der Waals surface area contributed by atoms with E-state index in [1.54, 1.807) is 0 Å². The van der Waals surface area contributed by atoms with Crippen molar-refractivity contribution in [2.45, 2.75) is 6.10 Å². The first kappa shape index (κ1) is 7.08. The summed E-state index contributed by atoms with van der Waals surface area (Å²) >= 11 is 0. The Morgan fingerprint density at radius 1 is 1.90 bits per heavy atom. The van der Waals surface area contributed by atoms with Gasteiger partial charge in [0.05, 0.1) is 13.2 Å². The Bertz CT molecular complexity index is 173. The van der Waals surface area contributed by atoms with E-state index in [0.717, 1.165) is 6.08 Å². The Morgan fingerprint density at radius 3 is 3.10 bits per heavy atom. The number of carbonyl (C=O) groups is 1. The molecular formula is C6H8O4. The van der Waals surface area contributed by atoms with Gasteiger partial charge < -0.3 is 14.6 Å². The molecule has 1 unspecified atom stereocenters. The first-order chi connectivity index (χ1) is 4.74. The zero-order valence-corrected chi connectivity index (χ0v) is 5.53. The minimum Gasteiger partial charge on any atom is -0.498 e. The molecule has 0 aromatic rings. The Hall–Kier alpha value is -1.03. The average molecular weight is 144 g/mol. The first-order valence-electron chi connectivity index (χ1n) is 2.84. The van der Waals surface area contributed by atoms with Gasteiger partial charge in [-0.3, -0.25) is 0 Å². The maximum atomic E-state index is 10.5. The van der Waals surface area contributed by atoms with Gasteiger partial charge in [0.1, 0.15) is 18.5 Å². The molecule has 0 fully saturated rings. The van der Waals surface area contributed by atoms with Gasteiger partial charge in [-0.2, -0.15) is 0 Å². The summed E-state index contributed by atoms with van der Waals surface area (Å²) in [5, 5.41) is 9.02. The number of aliphatic hydroxyl groups excluding tert-OH is 1. The van der Waals surface area contributed by atoms with E-state index in [2.05, 4.69) is 9.47 Å². The molecule has 1 rings (SSSR count). The van der Waals surface area contributed by atoms with Crippen molar-refractivity contribution in [3.63, 3.8) is 0 Å². The molecule has 0 saturated carbocycles. The lowest BCUT2D eigenvalue weighted by molar-refractivity contribution is -0.143. The van der Waals surface area contributed by atoms with Crippen molar-refractivity contribution in [3.8, 4) is 0 Å². The van der Waals surface area contributed by atoms with Crippen LogP contribution in [0.4, 0.5) is 0 Å². The van der Waals surface area contributed by atoms with Crippen LogP contribution in [-0.4, -0.2) is 30.9 Å². The molecule has 1 atom stereocenters. The highest BCUT2D eigenvalue weighted by atomic mass is 16.6. The maximum absolute atomic E-state index is 10.5. The average Bonchev–Trinajstić information content (AvgIpc) is 1.94. The van der Waals surface area contributed by atoms with Gasteiger partial charge in [0.25, 0.3) is 0 Å². The number of esters is 1. The molecule has 0 amide bonds. The van der Waals surface area contributed by atoms with Crippen LogP contribution >= 0.6 is 0 Å². The van der Waals surface area contributed by atoms with Crippen LogP contribution in [0.5, 0.6) is 0 Å². The van der Waals surface area contributed by atoms with Crippen molar-refractivity contribution >= 4 is 5.97 Å². The summed E-state index contributed by atoms with van der Waals surface area (Å²) in [6.45, 7) is -0.0154. The number of hydrogen-bond donors (Lipinski definition) is 1. The van der Waals surface area contributed by atoms with E-state index in [9.17, 15) is 4.79 Å². The second-order valence-corrected chi connectivity index (χ2v) is 1.90. The minimum absolute atomic E-state index is 0.0154. The summed E-state index contributed by atoms with van der Waals surface area (Å²) in [7, 11) is 1.40. The molecule has 0 aromatic heterocycles. The number of carbonyl (C=O) groups excluding carboxylic acids is 1. The molecule has 0 bridgehead atoms. The van der Waals surface area contributed by atoms with Gasteiger partial charge in [0.15, 0.2) is 0 Å². The van der Waals surface area contributed by atoms with Gasteiger partial charge in [-0.25, -0.2) is 4.79 Å². The van der Waals surface area contributed by atoms with Crippen LogP contribution in [-0.2, 0) is 14.3 Å². The third-order valence-corrected chi connectivity index (χ3v) is 1.21. The molecule has 1 aliphatic heterocycles. The molecule has 0 spiro atoms. The van der Waals surface area contributed by atoms with Crippen molar-refractivity contribution in [1.29, 1.82) is 0 Å². The molecule has 0 aromatic carbocycles. The molecule has 1 N–H and O–H groups in total. The van der Waals surface area contributed by atoms with E-state index in [-0.39, 0.29) is 12.4 Å². The lowest BCUT2D eigenvalue weighted by Gasteiger charge is -2.17. The fourth-order valence-corrected chi connectivity index (χ4v) is 0.692. The van der Waals surface area contributed by atoms with Crippen molar-refractivity contribution < 1.29 is 19.4 Å². The zero-order valence-electron chi connectivity index (χ0n) is 5.53. The monoisotopic (exact) mass is 144 g/mol. The van der Waals surface area contributed by atoms with Gasteiger partial charge in [-0.05, 0) is 0 Å². The van der Waals surface area contributed by atoms with Crippen molar-refractivity contribution in [2.75, 3.05) is 13.7 Å². The minimum atomic E-state index is -0.803. The fraction of sp³-hybridized carbons (Fsp3) is 0.500. The van der Waals surface area contributed by atoms with Crippen molar-refractivity contribution in [3.05, 3.63) is 11.8 Å². The van der Waals surface area contributed by atoms with Crippen LogP contribution in [0.25, 0.3) is 0 Å². The van der Waals surface area contributed by atoms with E-state index >= 15 is 0 Å². The second-order valence-electron chi connectivity index (χ2n) is 1.90. The Balaban J connectivity index is 2.71. The third-order valence-electron chi connectivity index (χ3n) is 1.21. The van der Waals surface area contributed by atoms with Crippen LogP contribution in [0.3, 0.4) is 0 Å². The molecule has 0 radical (unpaired) electrons.